The van der Waals surface area contributed by atoms with Crippen molar-refractivity contribution in [1.29, 1.82) is 0 Å². The molecule has 3 rings (SSSR count). The second-order valence-corrected chi connectivity index (χ2v) is 6.91. The van der Waals surface area contributed by atoms with E-state index in [1.807, 2.05) is 19.4 Å². The van der Waals surface area contributed by atoms with Crippen LogP contribution in [0.5, 0.6) is 5.75 Å². The molecule has 0 aliphatic carbocycles. The van der Waals surface area contributed by atoms with Gasteiger partial charge in [-0.2, -0.15) is 5.10 Å². The van der Waals surface area contributed by atoms with E-state index in [-0.39, 0.29) is 30.3 Å². The molecule has 0 spiro atoms. The summed E-state index contributed by atoms with van der Waals surface area (Å²) < 4.78 is 7.20. The van der Waals surface area contributed by atoms with E-state index in [0.29, 0.717) is 18.0 Å². The van der Waals surface area contributed by atoms with E-state index in [0.717, 1.165) is 12.1 Å². The van der Waals surface area contributed by atoms with E-state index in [1.165, 1.54) is 4.90 Å². The Morgan fingerprint density at radius 2 is 2.04 bits per heavy atom. The summed E-state index contributed by atoms with van der Waals surface area (Å²) in [4.78, 5) is 25.8. The van der Waals surface area contributed by atoms with Crippen LogP contribution in [0.4, 0.5) is 5.69 Å². The number of hydrogen-bond acceptors (Lipinski definition) is 5. The maximum Gasteiger partial charge on any atom is 0.259 e. The van der Waals surface area contributed by atoms with E-state index in [1.54, 1.807) is 43.0 Å². The number of amides is 2. The molecular formula is C19H25N5O3. The molecule has 2 atom stereocenters. The number of carbonyl (C=O) groups is 2. The first-order valence-electron chi connectivity index (χ1n) is 8.87. The van der Waals surface area contributed by atoms with Crippen LogP contribution < -0.4 is 15.4 Å². The number of aromatic nitrogens is 2. The fourth-order valence-electron chi connectivity index (χ4n) is 3.08. The number of aryl methyl sites for hydroxylation is 1. The summed E-state index contributed by atoms with van der Waals surface area (Å²) in [5.41, 5.74) is 1.76. The van der Waals surface area contributed by atoms with Crippen LogP contribution in [0.25, 0.3) is 0 Å². The lowest BCUT2D eigenvalue weighted by Gasteiger charge is -2.17. The van der Waals surface area contributed by atoms with E-state index >= 15 is 0 Å². The largest absolute Gasteiger partial charge is 0.484 e. The summed E-state index contributed by atoms with van der Waals surface area (Å²) in [7, 11) is 5.23. The SMILES string of the molecule is CN(C)C(=O)COc1ccc(NC(=O)[C@H]2CNC[C@@H]2c2cnn(C)c2)cc1. The summed E-state index contributed by atoms with van der Waals surface area (Å²) in [5.74, 6) is 0.410. The second kappa shape index (κ2) is 8.22. The molecule has 0 unspecified atom stereocenters. The number of hydrogen-bond donors (Lipinski definition) is 2. The minimum Gasteiger partial charge on any atom is -0.484 e. The van der Waals surface area contributed by atoms with E-state index in [2.05, 4.69) is 15.7 Å². The van der Waals surface area contributed by atoms with Gasteiger partial charge in [-0.3, -0.25) is 14.3 Å². The van der Waals surface area contributed by atoms with Crippen molar-refractivity contribution in [2.45, 2.75) is 5.92 Å². The summed E-state index contributed by atoms with van der Waals surface area (Å²) in [6.45, 7) is 1.38. The Morgan fingerprint density at radius 3 is 2.67 bits per heavy atom. The third kappa shape index (κ3) is 4.65. The first-order valence-corrected chi connectivity index (χ1v) is 8.87. The topological polar surface area (TPSA) is 88.5 Å². The summed E-state index contributed by atoms with van der Waals surface area (Å²) >= 11 is 0. The quantitative estimate of drug-likeness (QED) is 0.785. The van der Waals surface area contributed by atoms with Crippen LogP contribution in [0.15, 0.2) is 36.7 Å². The molecule has 0 radical (unpaired) electrons. The fourth-order valence-corrected chi connectivity index (χ4v) is 3.08. The van der Waals surface area contributed by atoms with E-state index in [4.69, 9.17) is 4.74 Å². The maximum absolute atomic E-state index is 12.7. The van der Waals surface area contributed by atoms with Gasteiger partial charge < -0.3 is 20.3 Å². The minimum atomic E-state index is -0.150. The number of nitrogens with one attached hydrogen (secondary N) is 2. The highest BCUT2D eigenvalue weighted by molar-refractivity contribution is 5.93. The van der Waals surface area contributed by atoms with E-state index < -0.39 is 0 Å². The van der Waals surface area contributed by atoms with Crippen LogP contribution in [-0.2, 0) is 16.6 Å². The van der Waals surface area contributed by atoms with Gasteiger partial charge in [0, 0.05) is 52.0 Å². The van der Waals surface area contributed by atoms with E-state index in [9.17, 15) is 9.59 Å². The number of nitrogens with zero attached hydrogens (tertiary/aromatic N) is 3. The Bertz CT molecular complexity index is 800. The lowest BCUT2D eigenvalue weighted by atomic mass is 9.90. The molecule has 8 heteroatoms. The number of anilines is 1. The zero-order valence-electron chi connectivity index (χ0n) is 15.8. The fraction of sp³-hybridized carbons (Fsp3) is 0.421. The van der Waals surface area contributed by atoms with Crippen LogP contribution in [0.1, 0.15) is 11.5 Å². The summed E-state index contributed by atoms with van der Waals surface area (Å²) in [5, 5.41) is 10.5. The highest BCUT2D eigenvalue weighted by atomic mass is 16.5. The van der Waals surface area contributed by atoms with Crippen molar-refractivity contribution in [3.8, 4) is 5.75 Å². The van der Waals surface area contributed by atoms with Crippen molar-refractivity contribution < 1.29 is 14.3 Å². The highest BCUT2D eigenvalue weighted by Crippen LogP contribution is 2.29. The summed E-state index contributed by atoms with van der Waals surface area (Å²) in [6, 6.07) is 7.03. The lowest BCUT2D eigenvalue weighted by molar-refractivity contribution is -0.130. The molecule has 8 nitrogen and oxygen atoms in total. The van der Waals surface area contributed by atoms with Crippen LogP contribution in [0, 0.1) is 5.92 Å². The standard InChI is InChI=1S/C19H25N5O3/c1-23(2)18(25)12-27-15-6-4-14(5-7-15)22-19(26)17-10-20-9-16(17)13-8-21-24(3)11-13/h4-8,11,16-17,20H,9-10,12H2,1-3H3,(H,22,26)/t16-,17+/m1/s1. The van der Waals surface area contributed by atoms with Gasteiger partial charge in [0.05, 0.1) is 12.1 Å². The molecule has 1 aliphatic rings. The van der Waals surface area contributed by atoms with Gasteiger partial charge in [-0.1, -0.05) is 0 Å². The number of rotatable bonds is 6. The number of likely N-dealkylation sites (N-methyl/N-ethyl adjacent to an activating group) is 1. The Hall–Kier alpha value is -2.87. The molecule has 2 aromatic rings. The Balaban J connectivity index is 1.58. The Kier molecular flexibility index (Phi) is 5.75. The van der Waals surface area contributed by atoms with Crippen molar-refractivity contribution in [2.24, 2.45) is 13.0 Å². The molecule has 1 aromatic carbocycles. The second-order valence-electron chi connectivity index (χ2n) is 6.91. The molecule has 2 amide bonds. The molecule has 27 heavy (non-hydrogen) atoms. The maximum atomic E-state index is 12.7. The Labute approximate surface area is 158 Å². The number of ether oxygens (including phenoxy) is 1. The highest BCUT2D eigenvalue weighted by Gasteiger charge is 2.34. The molecule has 0 saturated carbocycles. The van der Waals surface area contributed by atoms with Crippen molar-refractivity contribution in [2.75, 3.05) is 39.1 Å². The monoisotopic (exact) mass is 371 g/mol. The van der Waals surface area contributed by atoms with Crippen LogP contribution in [-0.4, -0.2) is 60.3 Å². The average Bonchev–Trinajstić information content (AvgIpc) is 3.29. The van der Waals surface area contributed by atoms with Gasteiger partial charge in [-0.25, -0.2) is 0 Å². The smallest absolute Gasteiger partial charge is 0.259 e. The molecule has 1 aromatic heterocycles. The van der Waals surface area contributed by atoms with Gasteiger partial charge in [-0.05, 0) is 29.8 Å². The Morgan fingerprint density at radius 1 is 1.30 bits per heavy atom. The average molecular weight is 371 g/mol. The van der Waals surface area contributed by atoms with Crippen LogP contribution >= 0.6 is 0 Å². The molecule has 2 heterocycles. The molecule has 1 saturated heterocycles. The number of carbonyl (C=O) groups excluding carboxylic acids is 2. The van der Waals surface area contributed by atoms with Gasteiger partial charge in [0.1, 0.15) is 5.75 Å². The van der Waals surface area contributed by atoms with Crippen molar-refractivity contribution in [3.63, 3.8) is 0 Å². The predicted octanol–water partition coefficient (Wildman–Crippen LogP) is 0.829. The molecule has 144 valence electrons. The van der Waals surface area contributed by atoms with Crippen molar-refractivity contribution >= 4 is 17.5 Å². The number of benzene rings is 1. The first-order chi connectivity index (χ1) is 12.9. The molecule has 1 aliphatic heterocycles. The predicted molar refractivity (Wildman–Crippen MR) is 102 cm³/mol. The molecule has 2 N–H and O–H groups in total. The minimum absolute atomic E-state index is 0.0146. The van der Waals surface area contributed by atoms with Gasteiger partial charge >= 0.3 is 0 Å². The zero-order valence-corrected chi connectivity index (χ0v) is 15.8. The zero-order chi connectivity index (χ0) is 19.4. The normalized spacial score (nSPS) is 18.9. The third-order valence-electron chi connectivity index (χ3n) is 4.69. The van der Waals surface area contributed by atoms with Crippen molar-refractivity contribution in [3.05, 3.63) is 42.2 Å². The first kappa shape index (κ1) is 18.9. The summed E-state index contributed by atoms with van der Waals surface area (Å²) in [6.07, 6.45) is 3.78. The van der Waals surface area contributed by atoms with Gasteiger partial charge in [0.25, 0.3) is 5.91 Å². The lowest BCUT2D eigenvalue weighted by Crippen LogP contribution is -2.28. The van der Waals surface area contributed by atoms with Gasteiger partial charge in [0.15, 0.2) is 6.61 Å². The molecule has 0 bridgehead atoms. The van der Waals surface area contributed by atoms with Gasteiger partial charge in [-0.15, -0.1) is 0 Å². The molecule has 1 fully saturated rings. The van der Waals surface area contributed by atoms with Gasteiger partial charge in [0.2, 0.25) is 5.91 Å². The van der Waals surface area contributed by atoms with Crippen molar-refractivity contribution in [1.82, 2.24) is 20.0 Å². The molecular weight excluding hydrogens is 346 g/mol. The third-order valence-corrected chi connectivity index (χ3v) is 4.69. The van der Waals surface area contributed by atoms with Crippen LogP contribution in [0.3, 0.4) is 0 Å². The van der Waals surface area contributed by atoms with Crippen LogP contribution in [0.2, 0.25) is 0 Å².